The summed E-state index contributed by atoms with van der Waals surface area (Å²) < 4.78 is 0. The van der Waals surface area contributed by atoms with E-state index >= 15 is 0 Å². The number of hydrogen-bond acceptors (Lipinski definition) is 3. The second kappa shape index (κ2) is 9.13. The number of hydrogen-bond donors (Lipinski definition) is 2. The predicted molar refractivity (Wildman–Crippen MR) is 85.2 cm³/mol. The summed E-state index contributed by atoms with van der Waals surface area (Å²) in [7, 11) is 0. The highest BCUT2D eigenvalue weighted by Gasteiger charge is 2.09. The van der Waals surface area contributed by atoms with E-state index in [0.29, 0.717) is 13.0 Å². The highest BCUT2D eigenvalue weighted by Crippen LogP contribution is 2.07. The Hall–Kier alpha value is -1.88. The number of benzene rings is 1. The van der Waals surface area contributed by atoms with E-state index < -0.39 is 0 Å². The first kappa shape index (κ1) is 17.2. The lowest BCUT2D eigenvalue weighted by Crippen LogP contribution is -2.34. The van der Waals surface area contributed by atoms with Crippen LogP contribution in [0.5, 0.6) is 0 Å². The molecule has 2 amide bonds. The van der Waals surface area contributed by atoms with Gasteiger partial charge in [-0.05, 0) is 32.9 Å². The molecule has 0 aliphatic heterocycles. The van der Waals surface area contributed by atoms with E-state index in [1.165, 1.54) is 0 Å². The lowest BCUT2D eigenvalue weighted by Gasteiger charge is -2.18. The average Bonchev–Trinajstić information content (AvgIpc) is 2.47. The molecule has 0 fully saturated rings. The van der Waals surface area contributed by atoms with E-state index in [-0.39, 0.29) is 18.4 Å². The van der Waals surface area contributed by atoms with E-state index in [0.717, 1.165) is 24.3 Å². The summed E-state index contributed by atoms with van der Waals surface area (Å²) in [6.45, 7) is 8.09. The van der Waals surface area contributed by atoms with Crippen LogP contribution in [-0.4, -0.2) is 42.9 Å². The Kier molecular flexibility index (Phi) is 7.46. The van der Waals surface area contributed by atoms with Gasteiger partial charge in [0.1, 0.15) is 0 Å². The van der Waals surface area contributed by atoms with Crippen LogP contribution in [0.15, 0.2) is 24.3 Å². The van der Waals surface area contributed by atoms with Crippen molar-refractivity contribution in [2.45, 2.75) is 27.2 Å². The van der Waals surface area contributed by atoms with Crippen molar-refractivity contribution in [1.82, 2.24) is 10.2 Å². The predicted octanol–water partition coefficient (Wildman–Crippen LogP) is 1.78. The SMILES string of the molecule is CCN(CC)C(=O)CCNCC(=O)Nc1ccc(C)cc1. The summed E-state index contributed by atoms with van der Waals surface area (Å²) in [6, 6.07) is 7.64. The lowest BCUT2D eigenvalue weighted by molar-refractivity contribution is -0.130. The summed E-state index contributed by atoms with van der Waals surface area (Å²) in [6.07, 6.45) is 0.416. The molecule has 0 unspecified atom stereocenters. The fourth-order valence-electron chi connectivity index (χ4n) is 1.97. The van der Waals surface area contributed by atoms with Gasteiger partial charge in [-0.25, -0.2) is 0 Å². The molecule has 0 saturated heterocycles. The Labute approximate surface area is 126 Å². The van der Waals surface area contributed by atoms with Crippen LogP contribution in [0.4, 0.5) is 5.69 Å². The number of anilines is 1. The molecule has 116 valence electrons. The van der Waals surface area contributed by atoms with Crippen LogP contribution < -0.4 is 10.6 Å². The van der Waals surface area contributed by atoms with Crippen molar-refractivity contribution in [1.29, 1.82) is 0 Å². The second-order valence-corrected chi connectivity index (χ2v) is 4.91. The molecule has 0 heterocycles. The van der Waals surface area contributed by atoms with Gasteiger partial charge in [-0.1, -0.05) is 17.7 Å². The quantitative estimate of drug-likeness (QED) is 0.718. The molecule has 0 spiro atoms. The van der Waals surface area contributed by atoms with Crippen molar-refractivity contribution in [2.24, 2.45) is 0 Å². The topological polar surface area (TPSA) is 61.4 Å². The minimum atomic E-state index is -0.103. The van der Waals surface area contributed by atoms with E-state index in [9.17, 15) is 9.59 Å². The maximum atomic E-state index is 11.8. The van der Waals surface area contributed by atoms with E-state index in [4.69, 9.17) is 0 Å². The number of nitrogens with zero attached hydrogens (tertiary/aromatic N) is 1. The molecular weight excluding hydrogens is 266 g/mol. The maximum absolute atomic E-state index is 11.8. The fraction of sp³-hybridized carbons (Fsp3) is 0.500. The molecule has 1 aromatic rings. The lowest BCUT2D eigenvalue weighted by atomic mass is 10.2. The van der Waals surface area contributed by atoms with Crippen molar-refractivity contribution < 1.29 is 9.59 Å². The normalized spacial score (nSPS) is 10.2. The van der Waals surface area contributed by atoms with Crippen LogP contribution >= 0.6 is 0 Å². The Morgan fingerprint density at radius 2 is 1.71 bits per heavy atom. The molecule has 1 aromatic carbocycles. The van der Waals surface area contributed by atoms with E-state index in [1.54, 1.807) is 4.90 Å². The first-order chi connectivity index (χ1) is 10.1. The zero-order valence-corrected chi connectivity index (χ0v) is 13.1. The van der Waals surface area contributed by atoms with Crippen molar-refractivity contribution in [3.8, 4) is 0 Å². The molecule has 0 atom stereocenters. The van der Waals surface area contributed by atoms with Gasteiger partial charge in [0.25, 0.3) is 0 Å². The summed E-state index contributed by atoms with van der Waals surface area (Å²) >= 11 is 0. The van der Waals surface area contributed by atoms with Crippen molar-refractivity contribution in [3.63, 3.8) is 0 Å². The number of carbonyl (C=O) groups excluding carboxylic acids is 2. The third-order valence-electron chi connectivity index (χ3n) is 3.25. The highest BCUT2D eigenvalue weighted by atomic mass is 16.2. The first-order valence-electron chi connectivity index (χ1n) is 7.41. The monoisotopic (exact) mass is 291 g/mol. The molecule has 0 bridgehead atoms. The highest BCUT2D eigenvalue weighted by molar-refractivity contribution is 5.92. The Bertz CT molecular complexity index is 453. The Balaban J connectivity index is 2.22. The molecule has 0 aromatic heterocycles. The number of nitrogens with one attached hydrogen (secondary N) is 2. The van der Waals surface area contributed by atoms with E-state index in [1.807, 2.05) is 45.0 Å². The summed E-state index contributed by atoms with van der Waals surface area (Å²) in [5.41, 5.74) is 1.94. The van der Waals surface area contributed by atoms with Crippen LogP contribution in [0, 0.1) is 6.92 Å². The molecule has 5 nitrogen and oxygen atoms in total. The van der Waals surface area contributed by atoms with Crippen LogP contribution in [-0.2, 0) is 9.59 Å². The second-order valence-electron chi connectivity index (χ2n) is 4.91. The van der Waals surface area contributed by atoms with Gasteiger partial charge in [-0.2, -0.15) is 0 Å². The average molecular weight is 291 g/mol. The van der Waals surface area contributed by atoms with Gasteiger partial charge in [0.2, 0.25) is 11.8 Å². The van der Waals surface area contributed by atoms with Gasteiger partial charge in [-0.3, -0.25) is 9.59 Å². The van der Waals surface area contributed by atoms with Crippen LogP contribution in [0.2, 0.25) is 0 Å². The number of amides is 2. The molecule has 0 saturated carbocycles. The Morgan fingerprint density at radius 3 is 2.29 bits per heavy atom. The van der Waals surface area contributed by atoms with Gasteiger partial charge < -0.3 is 15.5 Å². The fourth-order valence-corrected chi connectivity index (χ4v) is 1.97. The van der Waals surface area contributed by atoms with Gasteiger partial charge in [0.05, 0.1) is 6.54 Å². The standard InChI is InChI=1S/C16H25N3O2/c1-4-19(5-2)16(21)10-11-17-12-15(20)18-14-8-6-13(3)7-9-14/h6-9,17H,4-5,10-12H2,1-3H3,(H,18,20). The van der Waals surface area contributed by atoms with E-state index in [2.05, 4.69) is 10.6 Å². The van der Waals surface area contributed by atoms with Crippen molar-refractivity contribution >= 4 is 17.5 Å². The third kappa shape index (κ3) is 6.40. The van der Waals surface area contributed by atoms with Crippen LogP contribution in [0.3, 0.4) is 0 Å². The van der Waals surface area contributed by atoms with Crippen LogP contribution in [0.25, 0.3) is 0 Å². The maximum Gasteiger partial charge on any atom is 0.238 e. The molecule has 21 heavy (non-hydrogen) atoms. The molecular formula is C16H25N3O2. The van der Waals surface area contributed by atoms with Gasteiger partial charge in [0.15, 0.2) is 0 Å². The summed E-state index contributed by atoms with van der Waals surface area (Å²) in [4.78, 5) is 25.3. The zero-order valence-electron chi connectivity index (χ0n) is 13.1. The van der Waals surface area contributed by atoms with Gasteiger partial charge in [0, 0.05) is 31.7 Å². The smallest absolute Gasteiger partial charge is 0.238 e. The zero-order chi connectivity index (χ0) is 15.7. The van der Waals surface area contributed by atoms with Gasteiger partial charge >= 0.3 is 0 Å². The Morgan fingerprint density at radius 1 is 1.10 bits per heavy atom. The third-order valence-corrected chi connectivity index (χ3v) is 3.25. The summed E-state index contributed by atoms with van der Waals surface area (Å²) in [5, 5.41) is 5.80. The minimum absolute atomic E-state index is 0.103. The van der Waals surface area contributed by atoms with Gasteiger partial charge in [-0.15, -0.1) is 0 Å². The number of carbonyl (C=O) groups is 2. The number of rotatable bonds is 8. The number of aryl methyl sites for hydroxylation is 1. The van der Waals surface area contributed by atoms with Crippen LogP contribution in [0.1, 0.15) is 25.8 Å². The van der Waals surface area contributed by atoms with Crippen molar-refractivity contribution in [2.75, 3.05) is 31.5 Å². The molecule has 1 rings (SSSR count). The largest absolute Gasteiger partial charge is 0.343 e. The molecule has 0 aliphatic rings. The minimum Gasteiger partial charge on any atom is -0.343 e. The molecule has 0 aliphatic carbocycles. The molecule has 0 radical (unpaired) electrons. The molecule has 2 N–H and O–H groups in total. The summed E-state index contributed by atoms with van der Waals surface area (Å²) in [5.74, 6) is 0.0144. The molecule has 5 heteroatoms. The first-order valence-corrected chi connectivity index (χ1v) is 7.41. The van der Waals surface area contributed by atoms with Crippen molar-refractivity contribution in [3.05, 3.63) is 29.8 Å².